The highest BCUT2D eigenvalue weighted by Gasteiger charge is 2.16. The predicted octanol–water partition coefficient (Wildman–Crippen LogP) is 6.01. The minimum Gasteiger partial charge on any atom is -0.454 e. The van der Waals surface area contributed by atoms with Crippen molar-refractivity contribution in [2.45, 2.75) is 26.2 Å². The van der Waals surface area contributed by atoms with Gasteiger partial charge < -0.3 is 9.73 Å². The highest BCUT2D eigenvalue weighted by atomic mass is 32.1. The van der Waals surface area contributed by atoms with Crippen LogP contribution in [-0.4, -0.2) is 20.7 Å². The number of para-hydroxylation sites is 1. The lowest BCUT2D eigenvalue weighted by molar-refractivity contribution is -0.116. The fourth-order valence-electron chi connectivity index (χ4n) is 3.62. The Morgan fingerprint density at radius 3 is 2.75 bits per heavy atom. The summed E-state index contributed by atoms with van der Waals surface area (Å²) in [6.45, 7) is 1.90. The van der Waals surface area contributed by atoms with Gasteiger partial charge in [-0.15, -0.1) is 11.3 Å². The summed E-state index contributed by atoms with van der Waals surface area (Å²) in [5, 5.41) is 11.2. The van der Waals surface area contributed by atoms with Gasteiger partial charge in [-0.3, -0.25) is 4.79 Å². The van der Waals surface area contributed by atoms with Crippen molar-refractivity contribution in [3.63, 3.8) is 0 Å². The predicted molar refractivity (Wildman–Crippen MR) is 127 cm³/mol. The molecule has 7 heteroatoms. The number of anilines is 1. The summed E-state index contributed by atoms with van der Waals surface area (Å²) in [5.41, 5.74) is 3.62. The van der Waals surface area contributed by atoms with Gasteiger partial charge in [-0.2, -0.15) is 9.78 Å². The Morgan fingerprint density at radius 2 is 1.91 bits per heavy atom. The second kappa shape index (κ2) is 8.80. The number of hydrogen-bond donors (Lipinski definition) is 1. The second-order valence-electron chi connectivity index (χ2n) is 7.63. The van der Waals surface area contributed by atoms with E-state index >= 15 is 0 Å². The van der Waals surface area contributed by atoms with E-state index in [9.17, 15) is 4.79 Å². The minimum absolute atomic E-state index is 0.0313. The summed E-state index contributed by atoms with van der Waals surface area (Å²) < 4.78 is 7.61. The lowest BCUT2D eigenvalue weighted by Crippen LogP contribution is -2.14. The number of aromatic nitrogens is 3. The third-order valence-electron chi connectivity index (χ3n) is 5.16. The zero-order chi connectivity index (χ0) is 21.9. The Morgan fingerprint density at radius 1 is 1.09 bits per heavy atom. The molecule has 3 aromatic heterocycles. The molecule has 0 atom stereocenters. The average molecular weight is 443 g/mol. The first-order chi connectivity index (χ1) is 15.7. The van der Waals surface area contributed by atoms with E-state index in [1.807, 2.05) is 66.9 Å². The van der Waals surface area contributed by atoms with Crippen LogP contribution in [0.1, 0.15) is 24.1 Å². The Kier molecular flexibility index (Phi) is 5.56. The molecule has 0 saturated heterocycles. The quantitative estimate of drug-likeness (QED) is 0.335. The number of aryl methyl sites for hydroxylation is 2. The Bertz CT molecular complexity index is 1330. The molecular weight excluding hydrogens is 420 g/mol. The number of benzene rings is 2. The first-order valence-electron chi connectivity index (χ1n) is 10.5. The lowest BCUT2D eigenvalue weighted by atomic mass is 10.1. The first kappa shape index (κ1) is 20.2. The topological polar surface area (TPSA) is 73.0 Å². The van der Waals surface area contributed by atoms with Gasteiger partial charge in [0.15, 0.2) is 5.76 Å². The van der Waals surface area contributed by atoms with Crippen LogP contribution in [0.5, 0.6) is 0 Å². The SMILES string of the molecule is Cc1cc(NC(=O)CCCc2ccccc2)n(-c2nc(-c3cc4ccccc4o3)cs2)n1. The summed E-state index contributed by atoms with van der Waals surface area (Å²) >= 11 is 1.46. The smallest absolute Gasteiger partial charge is 0.225 e. The summed E-state index contributed by atoms with van der Waals surface area (Å²) in [6.07, 6.45) is 2.11. The van der Waals surface area contributed by atoms with E-state index in [-0.39, 0.29) is 5.91 Å². The number of hydrogen-bond acceptors (Lipinski definition) is 5. The van der Waals surface area contributed by atoms with E-state index in [0.29, 0.717) is 23.1 Å². The van der Waals surface area contributed by atoms with Crippen LogP contribution in [0.4, 0.5) is 5.82 Å². The molecule has 1 N–H and O–H groups in total. The molecule has 160 valence electrons. The molecule has 1 amide bonds. The molecule has 32 heavy (non-hydrogen) atoms. The molecule has 0 aliphatic heterocycles. The van der Waals surface area contributed by atoms with Gasteiger partial charge in [-0.1, -0.05) is 48.5 Å². The van der Waals surface area contributed by atoms with E-state index in [2.05, 4.69) is 22.5 Å². The molecule has 0 unspecified atom stereocenters. The molecule has 0 bridgehead atoms. The van der Waals surface area contributed by atoms with Gasteiger partial charge in [-0.25, -0.2) is 4.98 Å². The van der Waals surface area contributed by atoms with E-state index in [4.69, 9.17) is 9.40 Å². The van der Waals surface area contributed by atoms with Crippen LogP contribution in [-0.2, 0) is 11.2 Å². The zero-order valence-corrected chi connectivity index (χ0v) is 18.4. The Hall–Kier alpha value is -3.71. The third-order valence-corrected chi connectivity index (χ3v) is 5.98. The maximum atomic E-state index is 12.5. The number of amides is 1. The van der Waals surface area contributed by atoms with Crippen LogP contribution in [0.25, 0.3) is 27.6 Å². The molecule has 0 aliphatic carbocycles. The molecule has 5 rings (SSSR count). The number of fused-ring (bicyclic) bond motifs is 1. The number of nitrogens with one attached hydrogen (secondary N) is 1. The number of carbonyl (C=O) groups excluding carboxylic acids is 1. The molecule has 0 saturated carbocycles. The second-order valence-corrected chi connectivity index (χ2v) is 8.47. The van der Waals surface area contributed by atoms with Crippen LogP contribution in [0.2, 0.25) is 0 Å². The number of nitrogens with zero attached hydrogens (tertiary/aromatic N) is 3. The fraction of sp³-hybridized carbons (Fsp3) is 0.160. The van der Waals surface area contributed by atoms with Crippen molar-refractivity contribution in [3.05, 3.63) is 83.4 Å². The van der Waals surface area contributed by atoms with Crippen LogP contribution in [0, 0.1) is 6.92 Å². The molecule has 6 nitrogen and oxygen atoms in total. The third kappa shape index (κ3) is 4.33. The van der Waals surface area contributed by atoms with Crippen LogP contribution < -0.4 is 5.32 Å². The normalized spacial score (nSPS) is 11.2. The maximum absolute atomic E-state index is 12.5. The molecule has 2 aromatic carbocycles. The summed E-state index contributed by atoms with van der Waals surface area (Å²) in [6, 6.07) is 21.9. The van der Waals surface area contributed by atoms with Gasteiger partial charge in [0, 0.05) is 23.3 Å². The van der Waals surface area contributed by atoms with Crippen LogP contribution in [0.15, 0.2) is 76.5 Å². The van der Waals surface area contributed by atoms with Crippen LogP contribution >= 0.6 is 11.3 Å². The van der Waals surface area contributed by atoms with Crippen molar-refractivity contribution in [1.82, 2.24) is 14.8 Å². The molecule has 0 spiro atoms. The van der Waals surface area contributed by atoms with E-state index in [0.717, 1.165) is 35.2 Å². The minimum atomic E-state index is -0.0313. The summed E-state index contributed by atoms with van der Waals surface area (Å²) in [4.78, 5) is 17.2. The van der Waals surface area contributed by atoms with Crippen molar-refractivity contribution in [1.29, 1.82) is 0 Å². The molecule has 0 aliphatic rings. The molecular formula is C25H22N4O2S. The highest BCUT2D eigenvalue weighted by molar-refractivity contribution is 7.12. The average Bonchev–Trinajstić information content (AvgIpc) is 3.52. The Balaban J connectivity index is 1.29. The zero-order valence-electron chi connectivity index (χ0n) is 17.6. The highest BCUT2D eigenvalue weighted by Crippen LogP contribution is 2.30. The summed E-state index contributed by atoms with van der Waals surface area (Å²) in [5.74, 6) is 1.30. The maximum Gasteiger partial charge on any atom is 0.225 e. The molecule has 3 heterocycles. The van der Waals surface area contributed by atoms with Crippen molar-refractivity contribution in [2.24, 2.45) is 0 Å². The Labute approximate surface area is 189 Å². The van der Waals surface area contributed by atoms with Gasteiger partial charge in [0.1, 0.15) is 17.1 Å². The number of thiazole rings is 1. The molecule has 5 aromatic rings. The number of rotatable bonds is 7. The first-order valence-corrected chi connectivity index (χ1v) is 11.4. The van der Waals surface area contributed by atoms with Crippen molar-refractivity contribution >= 4 is 34.0 Å². The molecule has 0 radical (unpaired) electrons. The molecule has 0 fully saturated rings. The lowest BCUT2D eigenvalue weighted by Gasteiger charge is -2.06. The standard InChI is InChI=1S/C25H22N4O2S/c1-17-14-23(27-24(30)13-7-10-18-8-3-2-4-9-18)29(28-17)25-26-20(16-32-25)22-15-19-11-5-6-12-21(19)31-22/h2-6,8-9,11-12,14-16H,7,10,13H2,1H3,(H,27,30). The fourth-order valence-corrected chi connectivity index (χ4v) is 4.40. The summed E-state index contributed by atoms with van der Waals surface area (Å²) in [7, 11) is 0. The van der Waals surface area contributed by atoms with Crippen molar-refractivity contribution in [3.8, 4) is 16.6 Å². The van der Waals surface area contributed by atoms with Gasteiger partial charge in [0.25, 0.3) is 0 Å². The van der Waals surface area contributed by atoms with Crippen LogP contribution in [0.3, 0.4) is 0 Å². The van der Waals surface area contributed by atoms with Gasteiger partial charge in [0.05, 0.1) is 5.69 Å². The number of carbonyl (C=O) groups is 1. The van der Waals surface area contributed by atoms with E-state index in [1.165, 1.54) is 16.9 Å². The van der Waals surface area contributed by atoms with Gasteiger partial charge >= 0.3 is 0 Å². The van der Waals surface area contributed by atoms with Gasteiger partial charge in [0.2, 0.25) is 11.0 Å². The number of furan rings is 1. The van der Waals surface area contributed by atoms with E-state index in [1.54, 1.807) is 4.68 Å². The van der Waals surface area contributed by atoms with Crippen molar-refractivity contribution < 1.29 is 9.21 Å². The van der Waals surface area contributed by atoms with Gasteiger partial charge in [-0.05, 0) is 37.5 Å². The van der Waals surface area contributed by atoms with E-state index < -0.39 is 0 Å². The van der Waals surface area contributed by atoms with Crippen molar-refractivity contribution in [2.75, 3.05) is 5.32 Å². The monoisotopic (exact) mass is 442 g/mol. The largest absolute Gasteiger partial charge is 0.454 e.